The van der Waals surface area contributed by atoms with E-state index in [0.717, 1.165) is 11.3 Å². The number of benzene rings is 2. The number of aromatic carboxylic acids is 1. The van der Waals surface area contributed by atoms with Gasteiger partial charge in [-0.1, -0.05) is 42.1 Å². The summed E-state index contributed by atoms with van der Waals surface area (Å²) in [6.07, 6.45) is 2.23. The van der Waals surface area contributed by atoms with Crippen LogP contribution in [0.4, 0.5) is 5.69 Å². The smallest absolute Gasteiger partial charge is 0.242 e. The van der Waals surface area contributed by atoms with Gasteiger partial charge >= 0.3 is 0 Å². The average Bonchev–Trinajstić information content (AvgIpc) is 2.98. The van der Waals surface area contributed by atoms with Gasteiger partial charge in [-0.2, -0.15) is 0 Å². The van der Waals surface area contributed by atoms with Gasteiger partial charge in [0.1, 0.15) is 5.75 Å². The van der Waals surface area contributed by atoms with Crippen molar-refractivity contribution in [1.82, 2.24) is 4.90 Å². The maximum absolute atomic E-state index is 12.8. The van der Waals surface area contributed by atoms with Gasteiger partial charge < -0.3 is 14.6 Å². The Morgan fingerprint density at radius 1 is 1.25 bits per heavy atom. The number of hydrogen-bond donors (Lipinski definition) is 0. The first kappa shape index (κ1) is 19.7. The molecule has 28 heavy (non-hydrogen) atoms. The number of amidine groups is 1. The lowest BCUT2D eigenvalue weighted by atomic mass is 10.1. The van der Waals surface area contributed by atoms with E-state index in [1.165, 1.54) is 23.9 Å². The van der Waals surface area contributed by atoms with Crippen LogP contribution in [0, 0.1) is 0 Å². The highest BCUT2D eigenvalue weighted by Gasteiger charge is 2.37. The Morgan fingerprint density at radius 3 is 2.50 bits per heavy atom. The summed E-state index contributed by atoms with van der Waals surface area (Å²) < 4.78 is 5.16. The lowest BCUT2D eigenvalue weighted by Crippen LogP contribution is -2.32. The van der Waals surface area contributed by atoms with Crippen LogP contribution in [0.2, 0.25) is 0 Å². The van der Waals surface area contributed by atoms with Gasteiger partial charge in [-0.15, -0.1) is 6.58 Å². The fraction of sp³-hybridized carbons (Fsp3) is 0.190. The second-order valence-corrected chi connectivity index (χ2v) is 7.29. The van der Waals surface area contributed by atoms with Crippen LogP contribution in [0.3, 0.4) is 0 Å². The van der Waals surface area contributed by atoms with Crippen molar-refractivity contribution in [2.45, 2.75) is 11.7 Å². The number of rotatable bonds is 7. The third-order valence-corrected chi connectivity index (χ3v) is 5.41. The van der Waals surface area contributed by atoms with Crippen molar-refractivity contribution in [3.8, 4) is 5.75 Å². The minimum absolute atomic E-state index is 0.0224. The molecule has 1 aliphatic heterocycles. The summed E-state index contributed by atoms with van der Waals surface area (Å²) >= 11 is 1.40. The lowest BCUT2D eigenvalue weighted by Gasteiger charge is -2.14. The summed E-state index contributed by atoms with van der Waals surface area (Å²) in [7, 11) is 1.61. The molecule has 0 N–H and O–H groups in total. The van der Waals surface area contributed by atoms with E-state index in [-0.39, 0.29) is 16.7 Å². The van der Waals surface area contributed by atoms with Crippen LogP contribution in [0.15, 0.2) is 66.2 Å². The molecule has 1 heterocycles. The topological polar surface area (TPSA) is 82.0 Å². The van der Waals surface area contributed by atoms with Gasteiger partial charge in [0.2, 0.25) is 5.91 Å². The zero-order chi connectivity index (χ0) is 20.1. The molecule has 144 valence electrons. The number of ether oxygens (including phenoxy) is 1. The Bertz CT molecular complexity index is 907. The summed E-state index contributed by atoms with van der Waals surface area (Å²) in [6, 6.07) is 13.7. The van der Waals surface area contributed by atoms with E-state index in [2.05, 4.69) is 11.6 Å². The Morgan fingerprint density at radius 2 is 1.93 bits per heavy atom. The van der Waals surface area contributed by atoms with E-state index in [0.29, 0.717) is 23.8 Å². The molecule has 1 saturated heterocycles. The first-order valence-corrected chi connectivity index (χ1v) is 9.51. The molecule has 1 aliphatic rings. The molecule has 0 aliphatic carbocycles. The van der Waals surface area contributed by atoms with Crippen molar-refractivity contribution in [2.24, 2.45) is 4.99 Å². The Hall–Kier alpha value is -3.06. The van der Waals surface area contributed by atoms with E-state index in [9.17, 15) is 14.7 Å². The molecule has 0 saturated carbocycles. The van der Waals surface area contributed by atoms with Gasteiger partial charge in [-0.3, -0.25) is 9.69 Å². The second-order valence-electron chi connectivity index (χ2n) is 6.12. The standard InChI is InChI=1S/C21H20N2O4S/c1-3-12-23-19(24)18(13-14-4-10-17(27-2)11-5-14)28-21(23)22-16-8-6-15(7-9-16)20(25)26/h3-11,18H,1,12-13H2,2H3,(H,25,26)/p-1/t18-/m0/s1. The largest absolute Gasteiger partial charge is 0.545 e. The summed E-state index contributed by atoms with van der Waals surface area (Å²) in [5.41, 5.74) is 1.68. The Kier molecular flexibility index (Phi) is 6.16. The van der Waals surface area contributed by atoms with Crippen LogP contribution in [-0.2, 0) is 11.2 Å². The number of nitrogens with zero attached hydrogens (tertiary/aromatic N) is 2. The molecule has 7 heteroatoms. The summed E-state index contributed by atoms with van der Waals surface area (Å²) in [5, 5.41) is 11.2. The molecule has 0 unspecified atom stereocenters. The van der Waals surface area contributed by atoms with Crippen molar-refractivity contribution in [3.63, 3.8) is 0 Å². The van der Waals surface area contributed by atoms with Crippen LogP contribution in [0.1, 0.15) is 15.9 Å². The third kappa shape index (κ3) is 4.43. The molecule has 2 aromatic rings. The molecule has 0 bridgehead atoms. The van der Waals surface area contributed by atoms with E-state index in [1.807, 2.05) is 24.3 Å². The zero-order valence-corrected chi connectivity index (χ0v) is 16.1. The van der Waals surface area contributed by atoms with Crippen molar-refractivity contribution < 1.29 is 19.4 Å². The Labute approximate surface area is 167 Å². The van der Waals surface area contributed by atoms with E-state index < -0.39 is 5.97 Å². The van der Waals surface area contributed by atoms with Crippen LogP contribution >= 0.6 is 11.8 Å². The molecule has 0 spiro atoms. The SMILES string of the molecule is C=CCN1C(=O)[C@H](Cc2ccc(OC)cc2)SC1=Nc1ccc(C(=O)[O-])cc1. The van der Waals surface area contributed by atoms with Gasteiger partial charge in [-0.05, 0) is 41.8 Å². The van der Waals surface area contributed by atoms with Crippen molar-refractivity contribution in [3.05, 3.63) is 72.3 Å². The normalized spacial score (nSPS) is 17.8. The highest BCUT2D eigenvalue weighted by atomic mass is 32.2. The van der Waals surface area contributed by atoms with Crippen molar-refractivity contribution >= 4 is 34.5 Å². The molecule has 6 nitrogen and oxygen atoms in total. The number of hydrogen-bond acceptors (Lipinski definition) is 6. The number of carboxylic acid groups (broad SMARTS) is 1. The van der Waals surface area contributed by atoms with Gasteiger partial charge in [0, 0.05) is 6.54 Å². The van der Waals surface area contributed by atoms with Gasteiger partial charge in [0.15, 0.2) is 5.17 Å². The van der Waals surface area contributed by atoms with E-state index in [1.54, 1.807) is 30.2 Å². The van der Waals surface area contributed by atoms with Gasteiger partial charge in [0.25, 0.3) is 0 Å². The number of carbonyl (C=O) groups is 2. The molecule has 1 fully saturated rings. The minimum Gasteiger partial charge on any atom is -0.545 e. The molecular formula is C21H19N2O4S-. The fourth-order valence-corrected chi connectivity index (χ4v) is 3.99. The highest BCUT2D eigenvalue weighted by Crippen LogP contribution is 2.32. The average molecular weight is 395 g/mol. The third-order valence-electron chi connectivity index (χ3n) is 4.24. The molecular weight excluding hydrogens is 376 g/mol. The van der Waals surface area contributed by atoms with E-state index in [4.69, 9.17) is 4.74 Å². The monoisotopic (exact) mass is 395 g/mol. The quantitative estimate of drug-likeness (QED) is 0.673. The fourth-order valence-electron chi connectivity index (χ4n) is 2.78. The number of methoxy groups -OCH3 is 1. The van der Waals surface area contributed by atoms with E-state index >= 15 is 0 Å². The number of thioether (sulfide) groups is 1. The molecule has 1 amide bonds. The predicted molar refractivity (Wildman–Crippen MR) is 108 cm³/mol. The predicted octanol–water partition coefficient (Wildman–Crippen LogP) is 2.42. The molecule has 2 aromatic carbocycles. The molecule has 0 radical (unpaired) electrons. The molecule has 3 rings (SSSR count). The number of carboxylic acids is 1. The zero-order valence-electron chi connectivity index (χ0n) is 15.3. The number of aliphatic imine (C=N–C) groups is 1. The summed E-state index contributed by atoms with van der Waals surface area (Å²) in [4.78, 5) is 29.8. The van der Waals surface area contributed by atoms with Gasteiger partial charge in [-0.25, -0.2) is 4.99 Å². The maximum atomic E-state index is 12.8. The molecule has 1 atom stereocenters. The second kappa shape index (κ2) is 8.75. The number of amides is 1. The summed E-state index contributed by atoms with van der Waals surface area (Å²) in [5.74, 6) is -0.493. The van der Waals surface area contributed by atoms with Crippen molar-refractivity contribution in [1.29, 1.82) is 0 Å². The maximum Gasteiger partial charge on any atom is 0.242 e. The Balaban J connectivity index is 1.80. The van der Waals surface area contributed by atoms with Gasteiger partial charge in [0.05, 0.1) is 24.0 Å². The van der Waals surface area contributed by atoms with Crippen LogP contribution in [0.25, 0.3) is 0 Å². The van der Waals surface area contributed by atoms with Crippen molar-refractivity contribution in [2.75, 3.05) is 13.7 Å². The minimum atomic E-state index is -1.24. The lowest BCUT2D eigenvalue weighted by molar-refractivity contribution is -0.255. The van der Waals surface area contributed by atoms with Crippen LogP contribution in [0.5, 0.6) is 5.75 Å². The summed E-state index contributed by atoms with van der Waals surface area (Å²) in [6.45, 7) is 4.08. The number of carbonyl (C=O) groups excluding carboxylic acids is 2. The highest BCUT2D eigenvalue weighted by molar-refractivity contribution is 8.15. The first-order chi connectivity index (χ1) is 13.5. The molecule has 0 aromatic heterocycles. The van der Waals surface area contributed by atoms with Crippen LogP contribution < -0.4 is 9.84 Å². The van der Waals surface area contributed by atoms with Crippen LogP contribution in [-0.4, -0.2) is 40.8 Å². The first-order valence-electron chi connectivity index (χ1n) is 8.63.